The number of aliphatic carboxylic acids is 1. The highest BCUT2D eigenvalue weighted by atomic mass is 32.2. The van der Waals surface area contributed by atoms with E-state index < -0.39 is 5.97 Å². The maximum atomic E-state index is 10.6. The third-order valence-corrected chi connectivity index (χ3v) is 4.56. The molecule has 0 aromatic carbocycles. The molecule has 0 aliphatic heterocycles. The molecule has 0 fully saturated rings. The van der Waals surface area contributed by atoms with Crippen LogP contribution in [0.5, 0.6) is 0 Å². The molecule has 1 heterocycles. The smallest absolute Gasteiger partial charge is 0.313 e. The molecule has 0 atom stereocenters. The Morgan fingerprint density at radius 3 is 2.65 bits per heavy atom. The van der Waals surface area contributed by atoms with E-state index in [-0.39, 0.29) is 5.75 Å². The molecule has 0 unspecified atom stereocenters. The van der Waals surface area contributed by atoms with Crippen molar-refractivity contribution in [2.24, 2.45) is 0 Å². The maximum Gasteiger partial charge on any atom is 0.313 e. The lowest BCUT2D eigenvalue weighted by atomic mass is 10.2. The largest absolute Gasteiger partial charge is 0.481 e. The van der Waals surface area contributed by atoms with Crippen molar-refractivity contribution in [1.82, 2.24) is 14.8 Å². The predicted octanol–water partition coefficient (Wildman–Crippen LogP) is 2.94. The van der Waals surface area contributed by atoms with Crippen LogP contribution >= 0.6 is 23.5 Å². The Morgan fingerprint density at radius 1 is 1.25 bits per heavy atom. The Kier molecular flexibility index (Phi) is 8.77. The van der Waals surface area contributed by atoms with Gasteiger partial charge in [-0.3, -0.25) is 4.79 Å². The number of hydrogen-bond acceptors (Lipinski definition) is 5. The summed E-state index contributed by atoms with van der Waals surface area (Å²) in [6.45, 7) is 2.93. The van der Waals surface area contributed by atoms with Gasteiger partial charge in [0.1, 0.15) is 5.82 Å². The summed E-state index contributed by atoms with van der Waals surface area (Å²) >= 11 is 3.14. The van der Waals surface area contributed by atoms with Gasteiger partial charge in [-0.2, -0.15) is 11.8 Å². The Hall–Kier alpha value is -0.690. The second kappa shape index (κ2) is 10.1. The van der Waals surface area contributed by atoms with Crippen LogP contribution in [0.3, 0.4) is 0 Å². The van der Waals surface area contributed by atoms with Gasteiger partial charge in [-0.15, -0.1) is 10.2 Å². The van der Waals surface area contributed by atoms with Gasteiger partial charge in [0.05, 0.1) is 5.75 Å². The fourth-order valence-corrected chi connectivity index (χ4v) is 3.10. The summed E-state index contributed by atoms with van der Waals surface area (Å²) in [5.74, 6) is 1.39. The van der Waals surface area contributed by atoms with E-state index in [1.807, 2.05) is 18.7 Å². The molecule has 114 valence electrons. The van der Waals surface area contributed by atoms with Crippen LogP contribution in [0.2, 0.25) is 0 Å². The number of carboxylic acid groups (broad SMARTS) is 1. The van der Waals surface area contributed by atoms with Crippen LogP contribution in [-0.4, -0.2) is 43.6 Å². The number of carboxylic acids is 1. The van der Waals surface area contributed by atoms with Gasteiger partial charge in [-0.25, -0.2) is 0 Å². The highest BCUT2D eigenvalue weighted by molar-refractivity contribution is 7.99. The first-order valence-corrected chi connectivity index (χ1v) is 9.32. The Labute approximate surface area is 128 Å². The molecule has 7 heteroatoms. The van der Waals surface area contributed by atoms with Crippen LogP contribution in [0.1, 0.15) is 38.4 Å². The van der Waals surface area contributed by atoms with Crippen molar-refractivity contribution in [2.75, 3.05) is 17.8 Å². The molecule has 0 spiro atoms. The third kappa shape index (κ3) is 6.17. The standard InChI is InChI=1S/C13H23N3O2S2/c1-3-11-14-15-13(20-10-12(17)18)16(11)8-6-4-5-7-9-19-2/h3-10H2,1-2H3,(H,17,18). The normalized spacial score (nSPS) is 10.9. The van der Waals surface area contributed by atoms with Crippen molar-refractivity contribution >= 4 is 29.5 Å². The Morgan fingerprint density at radius 2 is 2.00 bits per heavy atom. The Balaban J connectivity index is 2.44. The van der Waals surface area contributed by atoms with Gasteiger partial charge in [0.2, 0.25) is 0 Å². The second-order valence-corrected chi connectivity index (χ2v) is 6.42. The maximum absolute atomic E-state index is 10.6. The molecule has 1 N–H and O–H groups in total. The first-order valence-electron chi connectivity index (χ1n) is 6.94. The number of thioether (sulfide) groups is 2. The van der Waals surface area contributed by atoms with Crippen LogP contribution in [0.25, 0.3) is 0 Å². The zero-order valence-electron chi connectivity index (χ0n) is 12.2. The van der Waals surface area contributed by atoms with E-state index >= 15 is 0 Å². The lowest BCUT2D eigenvalue weighted by Crippen LogP contribution is -2.06. The van der Waals surface area contributed by atoms with Crippen molar-refractivity contribution in [2.45, 2.75) is 50.7 Å². The summed E-state index contributed by atoms with van der Waals surface area (Å²) in [6, 6.07) is 0. The van der Waals surface area contributed by atoms with E-state index in [4.69, 9.17) is 5.11 Å². The van der Waals surface area contributed by atoms with E-state index in [0.29, 0.717) is 0 Å². The number of aryl methyl sites for hydroxylation is 1. The van der Waals surface area contributed by atoms with Crippen LogP contribution in [0.4, 0.5) is 0 Å². The molecular weight excluding hydrogens is 294 g/mol. The van der Waals surface area contributed by atoms with Crippen molar-refractivity contribution in [1.29, 1.82) is 0 Å². The van der Waals surface area contributed by atoms with Crippen LogP contribution in [0.15, 0.2) is 5.16 Å². The number of rotatable bonds is 11. The summed E-state index contributed by atoms with van der Waals surface area (Å²) in [5, 5.41) is 17.7. The Bertz CT molecular complexity index is 410. The number of hydrogen-bond donors (Lipinski definition) is 1. The number of aromatic nitrogens is 3. The van der Waals surface area contributed by atoms with E-state index in [1.165, 1.54) is 36.8 Å². The monoisotopic (exact) mass is 317 g/mol. The molecule has 0 radical (unpaired) electrons. The van der Waals surface area contributed by atoms with Gasteiger partial charge in [-0.05, 0) is 24.9 Å². The summed E-state index contributed by atoms with van der Waals surface area (Å²) < 4.78 is 2.07. The lowest BCUT2D eigenvalue weighted by Gasteiger charge is -2.08. The van der Waals surface area contributed by atoms with Gasteiger partial charge in [0.25, 0.3) is 0 Å². The number of unbranched alkanes of at least 4 members (excludes halogenated alkanes) is 3. The average molecular weight is 317 g/mol. The summed E-state index contributed by atoms with van der Waals surface area (Å²) in [5.41, 5.74) is 0. The van der Waals surface area contributed by atoms with Crippen molar-refractivity contribution < 1.29 is 9.90 Å². The molecular formula is C13H23N3O2S2. The van der Waals surface area contributed by atoms with Gasteiger partial charge in [0, 0.05) is 13.0 Å². The molecule has 0 amide bonds. The van der Waals surface area contributed by atoms with Crippen molar-refractivity contribution in [3.8, 4) is 0 Å². The molecule has 0 aliphatic rings. The highest BCUT2D eigenvalue weighted by Gasteiger charge is 2.12. The lowest BCUT2D eigenvalue weighted by molar-refractivity contribution is -0.133. The van der Waals surface area contributed by atoms with E-state index in [9.17, 15) is 4.79 Å². The molecule has 1 aromatic heterocycles. The number of nitrogens with zero attached hydrogens (tertiary/aromatic N) is 3. The zero-order chi connectivity index (χ0) is 14.8. The van der Waals surface area contributed by atoms with E-state index in [0.717, 1.165) is 30.4 Å². The van der Waals surface area contributed by atoms with Gasteiger partial charge in [-0.1, -0.05) is 31.5 Å². The fraction of sp³-hybridized carbons (Fsp3) is 0.769. The molecule has 0 saturated heterocycles. The molecule has 0 bridgehead atoms. The minimum Gasteiger partial charge on any atom is -0.481 e. The fourth-order valence-electron chi connectivity index (χ4n) is 1.91. The van der Waals surface area contributed by atoms with E-state index in [2.05, 4.69) is 21.0 Å². The van der Waals surface area contributed by atoms with Gasteiger partial charge in [0.15, 0.2) is 5.16 Å². The SMILES string of the molecule is CCc1nnc(SCC(=O)O)n1CCCCCCSC. The summed E-state index contributed by atoms with van der Waals surface area (Å²) in [6.07, 6.45) is 7.78. The highest BCUT2D eigenvalue weighted by Crippen LogP contribution is 2.18. The quantitative estimate of drug-likeness (QED) is 0.500. The van der Waals surface area contributed by atoms with E-state index in [1.54, 1.807) is 0 Å². The van der Waals surface area contributed by atoms with Crippen molar-refractivity contribution in [3.05, 3.63) is 5.82 Å². The minimum absolute atomic E-state index is 0.0373. The van der Waals surface area contributed by atoms with Crippen LogP contribution < -0.4 is 0 Å². The second-order valence-electron chi connectivity index (χ2n) is 4.49. The minimum atomic E-state index is -0.820. The van der Waals surface area contributed by atoms with Gasteiger partial charge < -0.3 is 9.67 Å². The molecule has 0 saturated carbocycles. The molecule has 1 rings (SSSR count). The predicted molar refractivity (Wildman–Crippen MR) is 84.6 cm³/mol. The zero-order valence-corrected chi connectivity index (χ0v) is 13.8. The van der Waals surface area contributed by atoms with Crippen LogP contribution in [-0.2, 0) is 17.8 Å². The number of carbonyl (C=O) groups is 1. The average Bonchev–Trinajstić information content (AvgIpc) is 2.82. The summed E-state index contributed by atoms with van der Waals surface area (Å²) in [7, 11) is 0. The third-order valence-electron chi connectivity index (χ3n) is 2.91. The van der Waals surface area contributed by atoms with Crippen LogP contribution in [0, 0.1) is 0 Å². The first-order chi connectivity index (χ1) is 9.69. The first kappa shape index (κ1) is 17.4. The van der Waals surface area contributed by atoms with Gasteiger partial charge >= 0.3 is 5.97 Å². The summed E-state index contributed by atoms with van der Waals surface area (Å²) in [4.78, 5) is 10.6. The molecule has 1 aromatic rings. The topological polar surface area (TPSA) is 68.0 Å². The molecule has 5 nitrogen and oxygen atoms in total. The molecule has 20 heavy (non-hydrogen) atoms. The van der Waals surface area contributed by atoms with Crippen molar-refractivity contribution in [3.63, 3.8) is 0 Å². The molecule has 0 aliphatic carbocycles.